The fraction of sp³-hybridized carbons (Fsp3) is 0.533. The summed E-state index contributed by atoms with van der Waals surface area (Å²) in [5, 5.41) is 0. The van der Waals surface area contributed by atoms with Gasteiger partial charge in [-0.3, -0.25) is 4.79 Å². The van der Waals surface area contributed by atoms with Crippen molar-refractivity contribution in [2.45, 2.75) is 18.5 Å². The first-order chi connectivity index (χ1) is 9.49. The fourth-order valence-corrected chi connectivity index (χ4v) is 3.14. The highest BCUT2D eigenvalue weighted by atomic mass is 16.2. The maximum atomic E-state index is 11.9. The Labute approximate surface area is 119 Å². The lowest BCUT2D eigenvalue weighted by molar-refractivity contribution is -0.118. The van der Waals surface area contributed by atoms with Crippen LogP contribution < -0.4 is 15.5 Å². The number of benzene rings is 1. The van der Waals surface area contributed by atoms with Gasteiger partial charge in [0, 0.05) is 37.4 Å². The largest absolute Gasteiger partial charge is 0.370 e. The third-order valence-electron chi connectivity index (χ3n) is 4.57. The molecule has 5 nitrogen and oxygen atoms in total. The lowest BCUT2D eigenvalue weighted by atomic mass is 10.1. The fourth-order valence-electron chi connectivity index (χ4n) is 3.14. The average molecular weight is 274 g/mol. The standard InChI is InChI=1S/C15H22N4O/c1-17(2)11-6-7-19(9-11)10-4-5-12-13(8-10)18(3)15(20)14(12)16/h4-5,8,11,14H,6-7,9,16H2,1-3H3. The molecular weight excluding hydrogens is 252 g/mol. The van der Waals surface area contributed by atoms with Crippen LogP contribution in [0.5, 0.6) is 0 Å². The van der Waals surface area contributed by atoms with Gasteiger partial charge in [0.2, 0.25) is 5.91 Å². The summed E-state index contributed by atoms with van der Waals surface area (Å²) in [5.41, 5.74) is 9.00. The predicted molar refractivity (Wildman–Crippen MR) is 81.1 cm³/mol. The number of nitrogens with two attached hydrogens (primary N) is 1. The summed E-state index contributed by atoms with van der Waals surface area (Å²) in [6.45, 7) is 2.10. The number of fused-ring (bicyclic) bond motifs is 1. The molecule has 2 unspecified atom stereocenters. The first-order valence-corrected chi connectivity index (χ1v) is 7.07. The molecule has 2 aliphatic heterocycles. The van der Waals surface area contributed by atoms with E-state index in [1.54, 1.807) is 11.9 Å². The van der Waals surface area contributed by atoms with Crippen molar-refractivity contribution in [2.75, 3.05) is 44.0 Å². The molecule has 2 atom stereocenters. The van der Waals surface area contributed by atoms with Crippen molar-refractivity contribution in [2.24, 2.45) is 5.73 Å². The van der Waals surface area contributed by atoms with Crippen LogP contribution in [0.25, 0.3) is 0 Å². The van der Waals surface area contributed by atoms with E-state index in [4.69, 9.17) is 5.73 Å². The lowest BCUT2D eigenvalue weighted by Crippen LogP contribution is -2.31. The van der Waals surface area contributed by atoms with Crippen LogP contribution in [0.2, 0.25) is 0 Å². The molecule has 108 valence electrons. The van der Waals surface area contributed by atoms with Gasteiger partial charge in [-0.15, -0.1) is 0 Å². The highest BCUT2D eigenvalue weighted by molar-refractivity contribution is 6.04. The topological polar surface area (TPSA) is 52.8 Å². The summed E-state index contributed by atoms with van der Waals surface area (Å²) in [6.07, 6.45) is 1.18. The molecule has 0 spiro atoms. The Kier molecular flexibility index (Phi) is 3.18. The molecule has 3 rings (SSSR count). The molecule has 1 saturated heterocycles. The molecule has 20 heavy (non-hydrogen) atoms. The Morgan fingerprint density at radius 1 is 1.35 bits per heavy atom. The van der Waals surface area contributed by atoms with Crippen molar-refractivity contribution < 1.29 is 4.79 Å². The van der Waals surface area contributed by atoms with E-state index in [9.17, 15) is 4.79 Å². The first kappa shape index (κ1) is 13.4. The molecule has 2 heterocycles. The highest BCUT2D eigenvalue weighted by Gasteiger charge is 2.33. The summed E-state index contributed by atoms with van der Waals surface area (Å²) >= 11 is 0. The molecule has 1 aromatic rings. The van der Waals surface area contributed by atoms with Gasteiger partial charge in [0.1, 0.15) is 6.04 Å². The average Bonchev–Trinajstić information content (AvgIpc) is 3.00. The second-order valence-electron chi connectivity index (χ2n) is 5.97. The Morgan fingerprint density at radius 3 is 2.75 bits per heavy atom. The van der Waals surface area contributed by atoms with E-state index in [1.165, 1.54) is 12.1 Å². The Bertz CT molecular complexity index is 543. The molecule has 1 aromatic carbocycles. The zero-order valence-corrected chi connectivity index (χ0v) is 12.3. The SMILES string of the molecule is CN1C(=O)C(N)c2ccc(N3CCC(N(C)C)C3)cc21. The quantitative estimate of drug-likeness (QED) is 0.867. The summed E-state index contributed by atoms with van der Waals surface area (Å²) in [7, 11) is 6.05. The van der Waals surface area contributed by atoms with E-state index in [0.717, 1.165) is 24.3 Å². The second kappa shape index (κ2) is 4.75. The van der Waals surface area contributed by atoms with Crippen LogP contribution in [-0.2, 0) is 4.79 Å². The molecule has 5 heteroatoms. The number of carbonyl (C=O) groups excluding carboxylic acids is 1. The summed E-state index contributed by atoms with van der Waals surface area (Å²) in [6, 6.07) is 6.28. The molecule has 0 bridgehead atoms. The van der Waals surface area contributed by atoms with E-state index >= 15 is 0 Å². The van der Waals surface area contributed by atoms with Crippen molar-refractivity contribution in [1.29, 1.82) is 0 Å². The van der Waals surface area contributed by atoms with Gasteiger partial charge in [-0.2, -0.15) is 0 Å². The first-order valence-electron chi connectivity index (χ1n) is 7.07. The molecular formula is C15H22N4O. The number of amides is 1. The van der Waals surface area contributed by atoms with Gasteiger partial charge in [-0.25, -0.2) is 0 Å². The van der Waals surface area contributed by atoms with Crippen molar-refractivity contribution in [3.8, 4) is 0 Å². The number of hydrogen-bond acceptors (Lipinski definition) is 4. The van der Waals surface area contributed by atoms with Crippen LogP contribution in [0.1, 0.15) is 18.0 Å². The smallest absolute Gasteiger partial charge is 0.248 e. The number of rotatable bonds is 2. The highest BCUT2D eigenvalue weighted by Crippen LogP contribution is 2.37. The zero-order valence-electron chi connectivity index (χ0n) is 12.3. The van der Waals surface area contributed by atoms with Gasteiger partial charge in [-0.05, 0) is 32.6 Å². The summed E-state index contributed by atoms with van der Waals surface area (Å²) in [5.74, 6) is -0.0234. The van der Waals surface area contributed by atoms with Gasteiger partial charge < -0.3 is 20.4 Å². The molecule has 2 aliphatic rings. The lowest BCUT2D eigenvalue weighted by Gasteiger charge is -2.23. The number of hydrogen-bond donors (Lipinski definition) is 1. The minimum atomic E-state index is -0.503. The van der Waals surface area contributed by atoms with Gasteiger partial charge in [0.05, 0.1) is 5.69 Å². The molecule has 1 amide bonds. The minimum Gasteiger partial charge on any atom is -0.370 e. The normalized spacial score (nSPS) is 25.8. The van der Waals surface area contributed by atoms with Crippen LogP contribution in [0.4, 0.5) is 11.4 Å². The third kappa shape index (κ3) is 1.98. The van der Waals surface area contributed by atoms with Crippen LogP contribution in [0.3, 0.4) is 0 Å². The molecule has 0 aliphatic carbocycles. The van der Waals surface area contributed by atoms with E-state index in [1.807, 2.05) is 6.07 Å². The maximum Gasteiger partial charge on any atom is 0.248 e. The predicted octanol–water partition coefficient (Wildman–Crippen LogP) is 0.803. The van der Waals surface area contributed by atoms with Crippen molar-refractivity contribution in [3.05, 3.63) is 23.8 Å². The summed E-state index contributed by atoms with van der Waals surface area (Å²) < 4.78 is 0. The van der Waals surface area contributed by atoms with Gasteiger partial charge >= 0.3 is 0 Å². The monoisotopic (exact) mass is 274 g/mol. The second-order valence-corrected chi connectivity index (χ2v) is 5.97. The van der Waals surface area contributed by atoms with Crippen LogP contribution >= 0.6 is 0 Å². The van der Waals surface area contributed by atoms with Gasteiger partial charge in [0.25, 0.3) is 0 Å². The Balaban J connectivity index is 1.86. The molecule has 0 aromatic heterocycles. The maximum absolute atomic E-state index is 11.9. The van der Waals surface area contributed by atoms with E-state index in [-0.39, 0.29) is 5.91 Å². The van der Waals surface area contributed by atoms with Crippen LogP contribution in [-0.4, -0.2) is 51.1 Å². The van der Waals surface area contributed by atoms with Gasteiger partial charge in [-0.1, -0.05) is 6.07 Å². The Hall–Kier alpha value is -1.59. The Morgan fingerprint density at radius 2 is 2.10 bits per heavy atom. The van der Waals surface area contributed by atoms with E-state index in [0.29, 0.717) is 6.04 Å². The third-order valence-corrected chi connectivity index (χ3v) is 4.57. The van der Waals surface area contributed by atoms with Crippen LogP contribution in [0, 0.1) is 0 Å². The molecule has 0 saturated carbocycles. The zero-order chi connectivity index (χ0) is 14.4. The summed E-state index contributed by atoms with van der Waals surface area (Å²) in [4.78, 5) is 18.2. The van der Waals surface area contributed by atoms with E-state index < -0.39 is 6.04 Å². The van der Waals surface area contributed by atoms with Crippen molar-refractivity contribution >= 4 is 17.3 Å². The van der Waals surface area contributed by atoms with Crippen LogP contribution in [0.15, 0.2) is 18.2 Å². The van der Waals surface area contributed by atoms with Crippen molar-refractivity contribution in [3.63, 3.8) is 0 Å². The van der Waals surface area contributed by atoms with Crippen molar-refractivity contribution in [1.82, 2.24) is 4.90 Å². The molecule has 0 radical (unpaired) electrons. The molecule has 2 N–H and O–H groups in total. The number of nitrogens with zero attached hydrogens (tertiary/aromatic N) is 3. The van der Waals surface area contributed by atoms with E-state index in [2.05, 4.69) is 36.0 Å². The minimum absolute atomic E-state index is 0.0234. The number of carbonyl (C=O) groups is 1. The number of likely N-dealkylation sites (N-methyl/N-ethyl adjacent to an activating group) is 2. The molecule has 1 fully saturated rings. The van der Waals surface area contributed by atoms with Gasteiger partial charge in [0.15, 0.2) is 0 Å². The number of anilines is 2.